The molecule has 450 valence electrons. The van der Waals surface area contributed by atoms with Gasteiger partial charge >= 0.3 is 19.8 Å². The Balaban J connectivity index is 4.04. The lowest BCUT2D eigenvalue weighted by Gasteiger charge is -2.19. The Morgan fingerprint density at radius 2 is 0.696 bits per heavy atom. The molecule has 0 saturated carbocycles. The van der Waals surface area contributed by atoms with Gasteiger partial charge in [0.05, 0.1) is 13.2 Å². The summed E-state index contributed by atoms with van der Waals surface area (Å²) < 4.78 is 33.1. The molecule has 0 saturated heterocycles. The zero-order valence-corrected chi connectivity index (χ0v) is 51.2. The normalized spacial score (nSPS) is 13.9. The molecule has 0 bridgehead atoms. The van der Waals surface area contributed by atoms with E-state index in [-0.39, 0.29) is 32.6 Å². The highest BCUT2D eigenvalue weighted by atomic mass is 31.2. The number of phosphoric acid groups is 1. The quantitative estimate of drug-likeness (QED) is 0.0264. The molecule has 2 unspecified atom stereocenters. The molecule has 2 atom stereocenters. The van der Waals surface area contributed by atoms with Crippen molar-refractivity contribution >= 4 is 19.8 Å². The molecule has 10 heteroatoms. The third-order valence-electron chi connectivity index (χ3n) is 13.0. The van der Waals surface area contributed by atoms with E-state index in [0.29, 0.717) is 6.42 Å². The highest BCUT2D eigenvalue weighted by Crippen LogP contribution is 2.43. The average Bonchev–Trinajstić information content (AvgIpc) is 3.44. The van der Waals surface area contributed by atoms with Gasteiger partial charge in [-0.1, -0.05) is 263 Å². The summed E-state index contributed by atoms with van der Waals surface area (Å²) in [6.07, 6.45) is 89.4. The molecule has 9 nitrogen and oxygen atoms in total. The van der Waals surface area contributed by atoms with E-state index in [4.69, 9.17) is 24.3 Å². The second-order valence-electron chi connectivity index (χ2n) is 20.5. The Bertz CT molecular complexity index is 1750. The van der Waals surface area contributed by atoms with E-state index in [1.165, 1.54) is 116 Å². The van der Waals surface area contributed by atoms with E-state index in [9.17, 15) is 19.0 Å². The van der Waals surface area contributed by atoms with Crippen LogP contribution in [0.3, 0.4) is 0 Å². The van der Waals surface area contributed by atoms with Crippen molar-refractivity contribution in [3.8, 4) is 0 Å². The van der Waals surface area contributed by atoms with Crippen molar-refractivity contribution in [1.82, 2.24) is 0 Å². The first kappa shape index (κ1) is 75.2. The highest BCUT2D eigenvalue weighted by molar-refractivity contribution is 7.47. The highest BCUT2D eigenvalue weighted by Gasteiger charge is 2.26. The van der Waals surface area contributed by atoms with Crippen molar-refractivity contribution in [2.45, 2.75) is 264 Å². The first-order chi connectivity index (χ1) is 38.8. The number of rotatable bonds is 58. The molecular formula is C69H116NO8P. The minimum Gasteiger partial charge on any atom is -0.462 e. The smallest absolute Gasteiger partial charge is 0.462 e. The zero-order valence-electron chi connectivity index (χ0n) is 50.3. The van der Waals surface area contributed by atoms with Crippen LogP contribution in [0.1, 0.15) is 258 Å². The number of carbonyl (C=O) groups excluding carboxylic acids is 2. The van der Waals surface area contributed by atoms with Crippen molar-refractivity contribution in [1.29, 1.82) is 0 Å². The van der Waals surface area contributed by atoms with Gasteiger partial charge in [-0.25, -0.2) is 4.57 Å². The van der Waals surface area contributed by atoms with Crippen molar-refractivity contribution in [2.75, 3.05) is 26.4 Å². The SMILES string of the molecule is CC/C=C\C/C=C\C/C=C\C/C=C\C/C=C\C/C=C\C/C=C\C/C=C\CCCCCCC(=O)OC(COC(=O)CCCCCCCCCCCCCCCC/C=C\C/C=C\C/C=C\CCCCCCC)COP(=O)(O)OCCN. The van der Waals surface area contributed by atoms with Crippen molar-refractivity contribution in [3.05, 3.63) is 134 Å². The summed E-state index contributed by atoms with van der Waals surface area (Å²) in [7, 11) is -4.41. The van der Waals surface area contributed by atoms with E-state index in [0.717, 1.165) is 109 Å². The fraction of sp³-hybridized carbons (Fsp3) is 0.652. The summed E-state index contributed by atoms with van der Waals surface area (Å²) in [6, 6.07) is 0. The summed E-state index contributed by atoms with van der Waals surface area (Å²) in [5, 5.41) is 0. The van der Waals surface area contributed by atoms with Crippen LogP contribution < -0.4 is 5.73 Å². The van der Waals surface area contributed by atoms with Gasteiger partial charge in [0.25, 0.3) is 0 Å². The number of allylic oxidation sites excluding steroid dienone is 22. The van der Waals surface area contributed by atoms with Crippen molar-refractivity contribution < 1.29 is 37.6 Å². The summed E-state index contributed by atoms with van der Waals surface area (Å²) in [6.45, 7) is 3.59. The third kappa shape index (κ3) is 63.2. The van der Waals surface area contributed by atoms with Crippen LogP contribution in [-0.2, 0) is 32.7 Å². The number of phosphoric ester groups is 1. The molecule has 0 aliphatic heterocycles. The predicted molar refractivity (Wildman–Crippen MR) is 339 cm³/mol. The summed E-state index contributed by atoms with van der Waals surface area (Å²) in [5.41, 5.74) is 5.39. The lowest BCUT2D eigenvalue weighted by molar-refractivity contribution is -0.161. The van der Waals surface area contributed by atoms with Crippen LogP contribution in [0.5, 0.6) is 0 Å². The molecule has 0 aromatic carbocycles. The van der Waals surface area contributed by atoms with Crippen LogP contribution in [-0.4, -0.2) is 49.3 Å². The first-order valence-electron chi connectivity index (χ1n) is 31.7. The molecule has 0 spiro atoms. The van der Waals surface area contributed by atoms with Gasteiger partial charge in [-0.2, -0.15) is 0 Å². The average molecular weight is 1120 g/mol. The van der Waals surface area contributed by atoms with Crippen LogP contribution in [0.4, 0.5) is 0 Å². The molecule has 0 aromatic rings. The Morgan fingerprint density at radius 3 is 1.04 bits per heavy atom. The number of carbonyl (C=O) groups is 2. The van der Waals surface area contributed by atoms with E-state index in [2.05, 4.69) is 148 Å². The van der Waals surface area contributed by atoms with Gasteiger partial charge in [-0.3, -0.25) is 18.6 Å². The van der Waals surface area contributed by atoms with Crippen molar-refractivity contribution in [3.63, 3.8) is 0 Å². The fourth-order valence-corrected chi connectivity index (χ4v) is 9.13. The Kier molecular flexibility index (Phi) is 60.2. The second kappa shape index (κ2) is 63.3. The number of unbranched alkanes of at least 4 members (excludes halogenated alkanes) is 23. The third-order valence-corrected chi connectivity index (χ3v) is 14.0. The van der Waals surface area contributed by atoms with Gasteiger partial charge < -0.3 is 20.1 Å². The number of esters is 2. The molecule has 0 amide bonds. The Labute approximate surface area is 484 Å². The minimum atomic E-state index is -4.41. The maximum absolute atomic E-state index is 12.7. The topological polar surface area (TPSA) is 134 Å². The van der Waals surface area contributed by atoms with Crippen LogP contribution in [0.2, 0.25) is 0 Å². The number of hydrogen-bond acceptors (Lipinski definition) is 8. The zero-order chi connectivity index (χ0) is 57.3. The largest absolute Gasteiger partial charge is 0.472 e. The van der Waals surface area contributed by atoms with E-state index in [1.54, 1.807) is 0 Å². The van der Waals surface area contributed by atoms with E-state index in [1.807, 2.05) is 0 Å². The number of ether oxygens (including phenoxy) is 2. The molecule has 79 heavy (non-hydrogen) atoms. The molecule has 0 fully saturated rings. The monoisotopic (exact) mass is 1120 g/mol. The van der Waals surface area contributed by atoms with Crippen LogP contribution in [0.25, 0.3) is 0 Å². The van der Waals surface area contributed by atoms with Gasteiger partial charge in [-0.05, 0) is 116 Å². The summed E-state index contributed by atoms with van der Waals surface area (Å²) in [4.78, 5) is 35.3. The van der Waals surface area contributed by atoms with Crippen molar-refractivity contribution in [2.24, 2.45) is 5.73 Å². The van der Waals surface area contributed by atoms with Crippen LogP contribution in [0, 0.1) is 0 Å². The second-order valence-corrected chi connectivity index (χ2v) is 22.0. The molecule has 3 N–H and O–H groups in total. The predicted octanol–water partition coefficient (Wildman–Crippen LogP) is 20.5. The van der Waals surface area contributed by atoms with Gasteiger partial charge in [0.2, 0.25) is 0 Å². The first-order valence-corrected chi connectivity index (χ1v) is 33.2. The van der Waals surface area contributed by atoms with Crippen LogP contribution in [0.15, 0.2) is 134 Å². The molecule has 0 rings (SSSR count). The number of nitrogens with two attached hydrogens (primary N) is 1. The van der Waals surface area contributed by atoms with E-state index >= 15 is 0 Å². The Morgan fingerprint density at radius 1 is 0.392 bits per heavy atom. The standard InChI is InChI=1S/C69H116NO8P/c1-3-5-7-9-11-13-15-17-19-21-23-25-27-29-31-33-35-37-39-41-43-45-47-49-51-53-55-57-59-61-68(71)75-65-67(66-77-79(73,74)76-64-63-70)78-69(72)62-60-58-56-54-52-50-48-46-44-42-40-38-36-34-32-30-28-26-24-22-20-18-16-14-12-10-8-6-4-2/h6,8,12,14-15,17-18,20-21,23-24,26-27,29-30,32,36,38,42,44,48,50,67H,3-5,7,9-11,13,16,19,22,25,28,31,33-35,37,39-41,43,45-47,49,51-66,70H2,1-2H3,(H,73,74)/b8-6-,14-12-,17-15-,20-18-,23-21-,26-24-,29-27-,32-30-,38-36-,44-42-,50-48-. The fourth-order valence-electron chi connectivity index (χ4n) is 8.36. The molecule has 0 aliphatic rings. The van der Waals surface area contributed by atoms with E-state index < -0.39 is 32.5 Å². The maximum Gasteiger partial charge on any atom is 0.472 e. The molecular weight excluding hydrogens is 1000 g/mol. The molecule has 0 heterocycles. The van der Waals surface area contributed by atoms with Gasteiger partial charge in [0.1, 0.15) is 6.61 Å². The van der Waals surface area contributed by atoms with Gasteiger partial charge in [0.15, 0.2) is 6.10 Å². The minimum absolute atomic E-state index is 0.0419. The number of hydrogen-bond donors (Lipinski definition) is 2. The maximum atomic E-state index is 12.7. The summed E-state index contributed by atoms with van der Waals surface area (Å²) >= 11 is 0. The van der Waals surface area contributed by atoms with Gasteiger partial charge in [-0.15, -0.1) is 0 Å². The Hall–Kier alpha value is -3.85. The molecule has 0 radical (unpaired) electrons. The van der Waals surface area contributed by atoms with Gasteiger partial charge in [0, 0.05) is 19.4 Å². The lowest BCUT2D eigenvalue weighted by atomic mass is 10.0. The molecule has 0 aliphatic carbocycles. The van der Waals surface area contributed by atoms with Crippen LogP contribution >= 0.6 is 7.82 Å². The lowest BCUT2D eigenvalue weighted by Crippen LogP contribution is -2.29. The summed E-state index contributed by atoms with van der Waals surface area (Å²) in [5.74, 6) is -0.863. The molecule has 0 aromatic heterocycles.